The fourth-order valence-corrected chi connectivity index (χ4v) is 3.24. The molecule has 0 saturated carbocycles. The smallest absolute Gasteiger partial charge is 0.256 e. The van der Waals surface area contributed by atoms with Crippen molar-refractivity contribution in [2.24, 2.45) is 0 Å². The molecule has 1 aliphatic rings. The van der Waals surface area contributed by atoms with Crippen LogP contribution >= 0.6 is 0 Å². The Kier molecular flexibility index (Phi) is 5.03. The maximum Gasteiger partial charge on any atom is 0.256 e. The molecule has 144 valence electrons. The SMILES string of the molecule is COc1ccc(C(=O)Nc2ccc(-c3noc([C@@H]4CCCN4C)n3)cn2)cc1. The number of likely N-dealkylation sites (tertiary alicyclic amines) is 1. The van der Waals surface area contributed by atoms with Gasteiger partial charge in [0.15, 0.2) is 0 Å². The average Bonchev–Trinajstić information content (AvgIpc) is 3.37. The van der Waals surface area contributed by atoms with Crippen molar-refractivity contribution in [2.45, 2.75) is 18.9 Å². The molecular formula is C20H21N5O3. The lowest BCUT2D eigenvalue weighted by molar-refractivity contribution is 0.102. The number of nitrogens with zero attached hydrogens (tertiary/aromatic N) is 4. The van der Waals surface area contributed by atoms with Crippen molar-refractivity contribution in [3.8, 4) is 17.1 Å². The van der Waals surface area contributed by atoms with Crippen LogP contribution in [0.5, 0.6) is 5.75 Å². The van der Waals surface area contributed by atoms with Gasteiger partial charge < -0.3 is 14.6 Å². The van der Waals surface area contributed by atoms with E-state index in [0.29, 0.717) is 28.8 Å². The van der Waals surface area contributed by atoms with Gasteiger partial charge in [0.25, 0.3) is 5.91 Å². The average molecular weight is 379 g/mol. The molecule has 3 aromatic rings. The minimum Gasteiger partial charge on any atom is -0.497 e. The van der Waals surface area contributed by atoms with Gasteiger partial charge in [0.05, 0.1) is 13.2 Å². The van der Waals surface area contributed by atoms with Crippen LogP contribution in [-0.4, -0.2) is 46.6 Å². The highest BCUT2D eigenvalue weighted by Gasteiger charge is 2.28. The number of nitrogens with one attached hydrogen (secondary N) is 1. The maximum atomic E-state index is 12.3. The lowest BCUT2D eigenvalue weighted by atomic mass is 10.2. The molecule has 0 unspecified atom stereocenters. The predicted octanol–water partition coefficient (Wildman–Crippen LogP) is 3.16. The zero-order valence-corrected chi connectivity index (χ0v) is 15.8. The molecule has 8 nitrogen and oxygen atoms in total. The Hall–Kier alpha value is -3.26. The van der Waals surface area contributed by atoms with E-state index in [1.54, 1.807) is 43.6 Å². The molecule has 1 N–H and O–H groups in total. The number of methoxy groups -OCH3 is 1. The third kappa shape index (κ3) is 3.72. The Labute approximate surface area is 162 Å². The van der Waals surface area contributed by atoms with E-state index in [9.17, 15) is 4.79 Å². The third-order valence-electron chi connectivity index (χ3n) is 4.86. The van der Waals surface area contributed by atoms with Gasteiger partial charge in [-0.25, -0.2) is 4.98 Å². The number of ether oxygens (including phenoxy) is 1. The largest absolute Gasteiger partial charge is 0.497 e. The fourth-order valence-electron chi connectivity index (χ4n) is 3.24. The quantitative estimate of drug-likeness (QED) is 0.728. The molecule has 1 saturated heterocycles. The Morgan fingerprint density at radius 2 is 2.07 bits per heavy atom. The van der Waals surface area contributed by atoms with Gasteiger partial charge in [-0.15, -0.1) is 0 Å². The van der Waals surface area contributed by atoms with Crippen molar-refractivity contribution in [1.29, 1.82) is 0 Å². The van der Waals surface area contributed by atoms with Crippen LogP contribution in [0.4, 0.5) is 5.82 Å². The second kappa shape index (κ2) is 7.77. The van der Waals surface area contributed by atoms with Crippen LogP contribution in [0.3, 0.4) is 0 Å². The van der Waals surface area contributed by atoms with E-state index in [1.807, 2.05) is 6.07 Å². The Bertz CT molecular complexity index is 953. The van der Waals surface area contributed by atoms with E-state index in [-0.39, 0.29) is 11.9 Å². The van der Waals surface area contributed by atoms with Crippen molar-refractivity contribution < 1.29 is 14.1 Å². The molecule has 0 spiro atoms. The summed E-state index contributed by atoms with van der Waals surface area (Å²) in [6.07, 6.45) is 3.77. The van der Waals surface area contributed by atoms with Gasteiger partial charge in [0, 0.05) is 17.3 Å². The highest BCUT2D eigenvalue weighted by molar-refractivity contribution is 6.03. The first-order chi connectivity index (χ1) is 13.6. The van der Waals surface area contributed by atoms with Gasteiger partial charge >= 0.3 is 0 Å². The first-order valence-electron chi connectivity index (χ1n) is 9.10. The Balaban J connectivity index is 1.43. The first kappa shape index (κ1) is 18.1. The van der Waals surface area contributed by atoms with Crippen LogP contribution in [-0.2, 0) is 0 Å². The molecule has 1 aromatic carbocycles. The third-order valence-corrected chi connectivity index (χ3v) is 4.86. The van der Waals surface area contributed by atoms with E-state index in [1.165, 1.54) is 0 Å². The minimum absolute atomic E-state index is 0.178. The van der Waals surface area contributed by atoms with Gasteiger partial charge in [-0.2, -0.15) is 4.98 Å². The summed E-state index contributed by atoms with van der Waals surface area (Å²) in [7, 11) is 3.64. The van der Waals surface area contributed by atoms with E-state index in [4.69, 9.17) is 9.26 Å². The second-order valence-electron chi connectivity index (χ2n) is 6.71. The molecule has 1 atom stereocenters. The number of rotatable bonds is 5. The maximum absolute atomic E-state index is 12.3. The summed E-state index contributed by atoms with van der Waals surface area (Å²) in [5.41, 5.74) is 1.26. The highest BCUT2D eigenvalue weighted by atomic mass is 16.5. The van der Waals surface area contributed by atoms with Crippen molar-refractivity contribution in [1.82, 2.24) is 20.0 Å². The Morgan fingerprint density at radius 1 is 1.25 bits per heavy atom. The number of carbonyl (C=O) groups is 1. The number of hydrogen-bond acceptors (Lipinski definition) is 7. The van der Waals surface area contributed by atoms with E-state index >= 15 is 0 Å². The van der Waals surface area contributed by atoms with Crippen molar-refractivity contribution in [2.75, 3.05) is 26.0 Å². The number of hydrogen-bond donors (Lipinski definition) is 1. The zero-order chi connectivity index (χ0) is 19.5. The minimum atomic E-state index is -0.242. The normalized spacial score (nSPS) is 16.9. The predicted molar refractivity (Wildman–Crippen MR) is 103 cm³/mol. The Morgan fingerprint density at radius 3 is 2.71 bits per heavy atom. The van der Waals surface area contributed by atoms with Gasteiger partial charge in [-0.05, 0) is 62.8 Å². The molecule has 28 heavy (non-hydrogen) atoms. The zero-order valence-electron chi connectivity index (χ0n) is 15.8. The summed E-state index contributed by atoms with van der Waals surface area (Å²) < 4.78 is 10.5. The lowest BCUT2D eigenvalue weighted by Gasteiger charge is -2.14. The molecule has 4 rings (SSSR count). The van der Waals surface area contributed by atoms with Crippen LogP contribution in [0.1, 0.15) is 35.1 Å². The van der Waals surface area contributed by atoms with Gasteiger partial charge in [-0.1, -0.05) is 5.16 Å². The highest BCUT2D eigenvalue weighted by Crippen LogP contribution is 2.30. The standard InChI is InChI=1S/C20H21N5O3/c1-25-11-3-4-16(25)20-23-18(24-28-20)14-7-10-17(21-12-14)22-19(26)13-5-8-15(27-2)9-6-13/h5-10,12,16H,3-4,11H2,1-2H3,(H,21,22,26)/t16-/m0/s1. The van der Waals surface area contributed by atoms with Crippen LogP contribution in [0, 0.1) is 0 Å². The summed E-state index contributed by atoms with van der Waals surface area (Å²) >= 11 is 0. The first-order valence-corrected chi connectivity index (χ1v) is 9.10. The summed E-state index contributed by atoms with van der Waals surface area (Å²) in [5.74, 6) is 2.03. The summed E-state index contributed by atoms with van der Waals surface area (Å²) in [4.78, 5) is 23.3. The lowest BCUT2D eigenvalue weighted by Crippen LogP contribution is -2.17. The number of benzene rings is 1. The number of pyridine rings is 1. The van der Waals surface area contributed by atoms with E-state index in [2.05, 4.69) is 32.4 Å². The number of aromatic nitrogens is 3. The molecule has 1 fully saturated rings. The molecule has 2 aromatic heterocycles. The van der Waals surface area contributed by atoms with Crippen LogP contribution in [0.2, 0.25) is 0 Å². The van der Waals surface area contributed by atoms with Crippen LogP contribution in [0.25, 0.3) is 11.4 Å². The topological polar surface area (TPSA) is 93.4 Å². The van der Waals surface area contributed by atoms with Gasteiger partial charge in [0.1, 0.15) is 11.6 Å². The van der Waals surface area contributed by atoms with E-state index in [0.717, 1.165) is 24.9 Å². The van der Waals surface area contributed by atoms with Gasteiger partial charge in [0.2, 0.25) is 11.7 Å². The molecule has 0 radical (unpaired) electrons. The second-order valence-corrected chi connectivity index (χ2v) is 6.71. The summed E-state index contributed by atoms with van der Waals surface area (Å²) in [6.45, 7) is 1.03. The van der Waals surface area contributed by atoms with Crippen molar-refractivity contribution >= 4 is 11.7 Å². The van der Waals surface area contributed by atoms with E-state index < -0.39 is 0 Å². The monoisotopic (exact) mass is 379 g/mol. The van der Waals surface area contributed by atoms with Crippen LogP contribution < -0.4 is 10.1 Å². The molecule has 1 aliphatic heterocycles. The molecule has 1 amide bonds. The summed E-state index contributed by atoms with van der Waals surface area (Å²) in [6, 6.07) is 10.6. The number of anilines is 1. The van der Waals surface area contributed by atoms with Crippen molar-refractivity contribution in [3.05, 3.63) is 54.0 Å². The molecule has 0 bridgehead atoms. The molecule has 0 aliphatic carbocycles. The van der Waals surface area contributed by atoms with Crippen molar-refractivity contribution in [3.63, 3.8) is 0 Å². The molecule has 8 heteroatoms. The summed E-state index contributed by atoms with van der Waals surface area (Å²) in [5, 5.41) is 6.84. The van der Waals surface area contributed by atoms with Crippen LogP contribution in [0.15, 0.2) is 47.1 Å². The van der Waals surface area contributed by atoms with Gasteiger partial charge in [-0.3, -0.25) is 9.69 Å². The number of amides is 1. The molecule has 3 heterocycles. The molecular weight excluding hydrogens is 358 g/mol. The fraction of sp³-hybridized carbons (Fsp3) is 0.300. The number of carbonyl (C=O) groups excluding carboxylic acids is 1.